The molecule has 0 aliphatic rings. The summed E-state index contributed by atoms with van der Waals surface area (Å²) in [4.78, 5) is 3.90. The highest BCUT2D eigenvalue weighted by atomic mass is 32.1. The lowest BCUT2D eigenvalue weighted by atomic mass is 10.6. The number of rotatable bonds is 0. The molecule has 0 radical (unpaired) electrons. The summed E-state index contributed by atoms with van der Waals surface area (Å²) in [6.45, 7) is 0. The van der Waals surface area contributed by atoms with Crippen LogP contribution in [0.3, 0.4) is 0 Å². The van der Waals surface area contributed by atoms with E-state index in [2.05, 4.69) is 4.98 Å². The third kappa shape index (κ3) is 1.03. The third-order valence-corrected chi connectivity index (χ3v) is 1.87. The molecule has 1 heterocycles. The second-order valence-electron chi connectivity index (χ2n) is 1.63. The molecule has 6 N–H and O–H groups in total. The second-order valence-corrected chi connectivity index (χ2v) is 2.70. The van der Waals surface area contributed by atoms with Crippen molar-refractivity contribution in [1.82, 2.24) is 4.98 Å². The van der Waals surface area contributed by atoms with Gasteiger partial charge in [0, 0.05) is 12.4 Å². The molecule has 4 nitrogen and oxygen atoms in total. The first kappa shape index (κ1) is 6.88. The van der Waals surface area contributed by atoms with Gasteiger partial charge in [0.2, 0.25) is 0 Å². The van der Waals surface area contributed by atoms with Gasteiger partial charge in [-0.1, -0.05) is 11.3 Å². The highest BCUT2D eigenvalue weighted by Crippen LogP contribution is 1.92. The molecule has 10 heavy (non-hydrogen) atoms. The Hall–Kier alpha value is -1.23. The number of nitrogens with zero attached hydrogens (tertiary/aromatic N) is 1. The molecular weight excluding hydrogens is 148 g/mol. The molecule has 0 saturated heterocycles. The van der Waals surface area contributed by atoms with Gasteiger partial charge < -0.3 is 17.2 Å². The number of nitrogens with two attached hydrogens (primary N) is 3. The minimum Gasteiger partial charge on any atom is -0.403 e. The maximum Gasteiger partial charge on any atom is 0.181 e. The molecule has 0 fully saturated rings. The average Bonchev–Trinajstić information content (AvgIpc) is 2.30. The van der Waals surface area contributed by atoms with E-state index in [4.69, 9.17) is 17.2 Å². The monoisotopic (exact) mass is 156 g/mol. The van der Waals surface area contributed by atoms with E-state index in [-0.39, 0.29) is 0 Å². The van der Waals surface area contributed by atoms with Crippen LogP contribution in [0.25, 0.3) is 12.4 Å². The van der Waals surface area contributed by atoms with Crippen LogP contribution in [0, 0.1) is 0 Å². The van der Waals surface area contributed by atoms with E-state index in [9.17, 15) is 0 Å². The molecule has 0 atom stereocenters. The van der Waals surface area contributed by atoms with Crippen molar-refractivity contribution in [3.8, 4) is 0 Å². The van der Waals surface area contributed by atoms with Gasteiger partial charge in [-0.05, 0) is 0 Å². The number of anilines is 1. The van der Waals surface area contributed by atoms with Crippen molar-refractivity contribution in [3.05, 3.63) is 9.88 Å². The Labute approximate surface area is 61.7 Å². The van der Waals surface area contributed by atoms with Gasteiger partial charge in [-0.2, -0.15) is 0 Å². The van der Waals surface area contributed by atoms with Crippen molar-refractivity contribution in [1.29, 1.82) is 0 Å². The first-order valence-electron chi connectivity index (χ1n) is 2.64. The lowest BCUT2D eigenvalue weighted by Crippen LogP contribution is -2.23. The lowest BCUT2D eigenvalue weighted by molar-refractivity contribution is 1.31. The predicted octanol–water partition coefficient (Wildman–Crippen LogP) is -1.88. The number of hydrogen-bond donors (Lipinski definition) is 3. The summed E-state index contributed by atoms with van der Waals surface area (Å²) >= 11 is 1.31. The summed E-state index contributed by atoms with van der Waals surface area (Å²) < 4.78 is 0.806. The van der Waals surface area contributed by atoms with Crippen LogP contribution < -0.4 is 27.1 Å². The van der Waals surface area contributed by atoms with Crippen LogP contribution in [0.5, 0.6) is 0 Å². The third-order valence-electron chi connectivity index (χ3n) is 1.01. The van der Waals surface area contributed by atoms with E-state index in [0.29, 0.717) is 10.5 Å². The fourth-order valence-electron chi connectivity index (χ4n) is 0.600. The quantitative estimate of drug-likeness (QED) is 0.410. The SMILES string of the molecule is N/C=c1/nc(N)s/c1=C/N. The predicted molar refractivity (Wildman–Crippen MR) is 43.1 cm³/mol. The van der Waals surface area contributed by atoms with Crippen molar-refractivity contribution in [2.24, 2.45) is 11.5 Å². The molecular formula is C5H8N4S. The van der Waals surface area contributed by atoms with Crippen molar-refractivity contribution in [2.45, 2.75) is 0 Å². The van der Waals surface area contributed by atoms with Gasteiger partial charge in [0.25, 0.3) is 0 Å². The van der Waals surface area contributed by atoms with Crippen LogP contribution in [0.1, 0.15) is 0 Å². The molecule has 0 amide bonds. The van der Waals surface area contributed by atoms with E-state index in [1.165, 1.54) is 23.7 Å². The largest absolute Gasteiger partial charge is 0.403 e. The summed E-state index contributed by atoms with van der Waals surface area (Å²) in [7, 11) is 0. The van der Waals surface area contributed by atoms with Crippen molar-refractivity contribution in [2.75, 3.05) is 5.73 Å². The first-order chi connectivity index (χ1) is 4.77. The highest BCUT2D eigenvalue weighted by molar-refractivity contribution is 7.13. The Kier molecular flexibility index (Phi) is 1.77. The Morgan fingerprint density at radius 2 is 2.00 bits per heavy atom. The van der Waals surface area contributed by atoms with Crippen LogP contribution in [0.4, 0.5) is 5.13 Å². The molecule has 1 aromatic rings. The lowest BCUT2D eigenvalue weighted by Gasteiger charge is -1.70. The van der Waals surface area contributed by atoms with Gasteiger partial charge in [-0.25, -0.2) is 4.98 Å². The van der Waals surface area contributed by atoms with Gasteiger partial charge in [-0.3, -0.25) is 0 Å². The molecule has 0 saturated carbocycles. The summed E-state index contributed by atoms with van der Waals surface area (Å²) in [6, 6.07) is 0. The van der Waals surface area contributed by atoms with Crippen LogP contribution in [-0.2, 0) is 0 Å². The van der Waals surface area contributed by atoms with Crippen LogP contribution in [-0.4, -0.2) is 4.98 Å². The highest BCUT2D eigenvalue weighted by Gasteiger charge is 1.91. The molecule has 0 aliphatic heterocycles. The standard InChI is InChI=1S/C5H8N4S/c6-1-3-4(2-7)10-5(8)9-3/h1-2H,6-7H2,(H2,8,9)/b3-1+,4-2+. The normalized spacial score (nSPS) is 14.4. The van der Waals surface area contributed by atoms with Crippen LogP contribution in [0.15, 0.2) is 0 Å². The van der Waals surface area contributed by atoms with E-state index >= 15 is 0 Å². The van der Waals surface area contributed by atoms with Crippen molar-refractivity contribution >= 4 is 28.9 Å². The molecule has 5 heteroatoms. The van der Waals surface area contributed by atoms with Gasteiger partial charge in [0.1, 0.15) is 5.35 Å². The number of thiazole rings is 1. The average molecular weight is 156 g/mol. The van der Waals surface area contributed by atoms with Gasteiger partial charge in [0.15, 0.2) is 5.13 Å². The van der Waals surface area contributed by atoms with Crippen molar-refractivity contribution < 1.29 is 0 Å². The second kappa shape index (κ2) is 2.57. The van der Waals surface area contributed by atoms with E-state index < -0.39 is 0 Å². The Balaban J connectivity index is 3.53. The topological polar surface area (TPSA) is 90.9 Å². The summed E-state index contributed by atoms with van der Waals surface area (Å²) in [6.07, 6.45) is 2.82. The molecule has 54 valence electrons. The first-order valence-corrected chi connectivity index (χ1v) is 3.45. The van der Waals surface area contributed by atoms with Gasteiger partial charge >= 0.3 is 0 Å². The zero-order valence-corrected chi connectivity index (χ0v) is 6.06. The van der Waals surface area contributed by atoms with E-state index in [0.717, 1.165) is 4.53 Å². The Bertz CT molecular complexity index is 294. The molecule has 0 aromatic carbocycles. The van der Waals surface area contributed by atoms with E-state index in [1.54, 1.807) is 0 Å². The van der Waals surface area contributed by atoms with Crippen LogP contribution in [0.2, 0.25) is 0 Å². The molecule has 0 unspecified atom stereocenters. The van der Waals surface area contributed by atoms with Crippen LogP contribution >= 0.6 is 11.3 Å². The molecule has 0 aliphatic carbocycles. The fourth-order valence-corrected chi connectivity index (χ4v) is 1.26. The summed E-state index contributed by atoms with van der Waals surface area (Å²) in [5.74, 6) is 0. The van der Waals surface area contributed by atoms with Gasteiger partial charge in [-0.15, -0.1) is 0 Å². The number of hydrogen-bond acceptors (Lipinski definition) is 5. The smallest absolute Gasteiger partial charge is 0.181 e. The molecule has 1 aromatic heterocycles. The zero-order valence-electron chi connectivity index (χ0n) is 5.24. The minimum absolute atomic E-state index is 0.480. The minimum atomic E-state index is 0.480. The number of nitrogen functional groups attached to an aromatic ring is 1. The molecule has 0 bridgehead atoms. The fraction of sp³-hybridized carbons (Fsp3) is 0. The van der Waals surface area contributed by atoms with Crippen molar-refractivity contribution in [3.63, 3.8) is 0 Å². The zero-order chi connectivity index (χ0) is 7.56. The number of aromatic nitrogens is 1. The maximum absolute atomic E-state index is 5.39. The Morgan fingerprint density at radius 3 is 2.40 bits per heavy atom. The summed E-state index contributed by atoms with van der Waals surface area (Å²) in [5, 5.41) is 1.12. The molecule has 0 spiro atoms. The van der Waals surface area contributed by atoms with E-state index in [1.807, 2.05) is 0 Å². The summed E-state index contributed by atoms with van der Waals surface area (Å²) in [5.41, 5.74) is 15.9. The maximum atomic E-state index is 5.39. The molecule has 1 rings (SSSR count). The Morgan fingerprint density at radius 1 is 1.30 bits per heavy atom. The van der Waals surface area contributed by atoms with Gasteiger partial charge in [0.05, 0.1) is 4.53 Å².